The van der Waals surface area contributed by atoms with E-state index in [1.807, 2.05) is 13.0 Å². The van der Waals surface area contributed by atoms with Gasteiger partial charge in [0, 0.05) is 12.5 Å². The van der Waals surface area contributed by atoms with E-state index in [0.29, 0.717) is 22.3 Å². The van der Waals surface area contributed by atoms with Gasteiger partial charge in [0.15, 0.2) is 0 Å². The Morgan fingerprint density at radius 2 is 1.93 bits per heavy atom. The van der Waals surface area contributed by atoms with Crippen LogP contribution in [0, 0.1) is 6.92 Å². The molecule has 0 saturated heterocycles. The summed E-state index contributed by atoms with van der Waals surface area (Å²) in [7, 11) is 1.58. The summed E-state index contributed by atoms with van der Waals surface area (Å²) in [6, 6.07) is 12.4. The number of carbonyl (C=O) groups excluding carboxylic acids is 1. The number of methoxy groups -OCH3 is 1. The normalized spacial score (nSPS) is 16.0. The lowest BCUT2D eigenvalue weighted by Gasteiger charge is -2.18. The van der Waals surface area contributed by atoms with E-state index in [9.17, 15) is 9.59 Å². The van der Waals surface area contributed by atoms with Crippen LogP contribution >= 0.6 is 0 Å². The number of benzene rings is 2. The molecule has 0 spiro atoms. The van der Waals surface area contributed by atoms with Gasteiger partial charge in [-0.05, 0) is 43.3 Å². The second-order valence-electron chi connectivity index (χ2n) is 6.49. The van der Waals surface area contributed by atoms with Crippen molar-refractivity contribution in [1.29, 1.82) is 0 Å². The molecule has 0 fully saturated rings. The third-order valence-electron chi connectivity index (χ3n) is 4.52. The van der Waals surface area contributed by atoms with Crippen LogP contribution in [0.25, 0.3) is 11.0 Å². The number of nitrogens with zero attached hydrogens (tertiary/aromatic N) is 2. The predicted octanol–water partition coefficient (Wildman–Crippen LogP) is 3.35. The molecule has 0 aliphatic carbocycles. The van der Waals surface area contributed by atoms with E-state index in [0.717, 1.165) is 10.6 Å². The van der Waals surface area contributed by atoms with Crippen molar-refractivity contribution in [2.24, 2.45) is 5.10 Å². The number of hydrogen-bond donors (Lipinski definition) is 0. The maximum atomic E-state index is 13.0. The highest BCUT2D eigenvalue weighted by atomic mass is 16.5. The van der Waals surface area contributed by atoms with Gasteiger partial charge in [0.2, 0.25) is 23.5 Å². The SMILES string of the molecule is COc1ccc(C2=NN(C(C)=O)[C@@H](c3coc4ccc(C)cc4c3=O)O2)cc1. The quantitative estimate of drug-likeness (QED) is 0.698. The summed E-state index contributed by atoms with van der Waals surface area (Å²) >= 11 is 0. The van der Waals surface area contributed by atoms with Crippen molar-refractivity contribution in [1.82, 2.24) is 5.01 Å². The van der Waals surface area contributed by atoms with Crippen LogP contribution in [0.15, 0.2) is 63.0 Å². The van der Waals surface area contributed by atoms with E-state index in [2.05, 4.69) is 5.10 Å². The molecule has 3 aromatic rings. The van der Waals surface area contributed by atoms with Crippen molar-refractivity contribution in [3.63, 3.8) is 0 Å². The summed E-state index contributed by atoms with van der Waals surface area (Å²) in [6.07, 6.45) is 0.336. The first kappa shape index (κ1) is 17.8. The first-order valence-electron chi connectivity index (χ1n) is 8.69. The lowest BCUT2D eigenvalue weighted by Crippen LogP contribution is -2.29. The van der Waals surface area contributed by atoms with E-state index >= 15 is 0 Å². The molecular weight excluding hydrogens is 360 g/mol. The second-order valence-corrected chi connectivity index (χ2v) is 6.49. The Bertz CT molecular complexity index is 1150. The molecule has 1 atom stereocenters. The zero-order chi connectivity index (χ0) is 19.8. The zero-order valence-electron chi connectivity index (χ0n) is 15.6. The first-order valence-corrected chi connectivity index (χ1v) is 8.69. The Morgan fingerprint density at radius 3 is 2.61 bits per heavy atom. The molecule has 4 rings (SSSR count). The number of fused-ring (bicyclic) bond motifs is 1. The fourth-order valence-corrected chi connectivity index (χ4v) is 3.05. The van der Waals surface area contributed by atoms with E-state index in [4.69, 9.17) is 13.9 Å². The second kappa shape index (κ2) is 6.84. The van der Waals surface area contributed by atoms with Crippen LogP contribution in [0.1, 0.15) is 29.8 Å². The summed E-state index contributed by atoms with van der Waals surface area (Å²) in [5.41, 5.74) is 2.02. The number of rotatable bonds is 3. The maximum absolute atomic E-state index is 13.0. The molecule has 2 heterocycles. The fourth-order valence-electron chi connectivity index (χ4n) is 3.05. The minimum atomic E-state index is -0.990. The van der Waals surface area contributed by atoms with Crippen LogP contribution in [0.4, 0.5) is 0 Å². The fraction of sp³-hybridized carbons (Fsp3) is 0.190. The third kappa shape index (κ3) is 3.00. The summed E-state index contributed by atoms with van der Waals surface area (Å²) < 4.78 is 16.6. The average Bonchev–Trinajstić information content (AvgIpc) is 3.14. The van der Waals surface area contributed by atoms with Gasteiger partial charge in [0.05, 0.1) is 18.1 Å². The number of ether oxygens (including phenoxy) is 2. The highest BCUT2D eigenvalue weighted by molar-refractivity contribution is 5.96. The molecule has 0 radical (unpaired) electrons. The van der Waals surface area contributed by atoms with Gasteiger partial charge in [-0.15, -0.1) is 5.10 Å². The number of amides is 1. The topological polar surface area (TPSA) is 81.3 Å². The van der Waals surface area contributed by atoms with Gasteiger partial charge in [-0.25, -0.2) is 0 Å². The Morgan fingerprint density at radius 1 is 1.18 bits per heavy atom. The van der Waals surface area contributed by atoms with Crippen LogP contribution in [0.3, 0.4) is 0 Å². The highest BCUT2D eigenvalue weighted by Gasteiger charge is 2.35. The molecule has 0 bridgehead atoms. The highest BCUT2D eigenvalue weighted by Crippen LogP contribution is 2.30. The molecule has 142 valence electrons. The molecule has 7 heteroatoms. The smallest absolute Gasteiger partial charge is 0.243 e. The molecule has 0 saturated carbocycles. The van der Waals surface area contributed by atoms with E-state index in [1.54, 1.807) is 43.5 Å². The van der Waals surface area contributed by atoms with Gasteiger partial charge in [0.25, 0.3) is 0 Å². The predicted molar refractivity (Wildman–Crippen MR) is 103 cm³/mol. The number of hydrogen-bond acceptors (Lipinski definition) is 6. The molecule has 0 N–H and O–H groups in total. The van der Waals surface area contributed by atoms with Gasteiger partial charge < -0.3 is 13.9 Å². The van der Waals surface area contributed by atoms with Crippen molar-refractivity contribution in [2.75, 3.05) is 7.11 Å². The first-order chi connectivity index (χ1) is 13.5. The number of hydrazone groups is 1. The summed E-state index contributed by atoms with van der Waals surface area (Å²) in [5, 5.41) is 5.85. The Labute approximate surface area is 160 Å². The van der Waals surface area contributed by atoms with Gasteiger partial charge in [-0.2, -0.15) is 5.01 Å². The van der Waals surface area contributed by atoms with Crippen LogP contribution in [-0.2, 0) is 9.53 Å². The number of aryl methyl sites for hydroxylation is 1. The monoisotopic (exact) mass is 378 g/mol. The molecule has 1 aliphatic heterocycles. The van der Waals surface area contributed by atoms with E-state index in [1.165, 1.54) is 13.2 Å². The van der Waals surface area contributed by atoms with Gasteiger partial charge >= 0.3 is 0 Å². The molecule has 1 aliphatic rings. The third-order valence-corrected chi connectivity index (χ3v) is 4.52. The maximum Gasteiger partial charge on any atom is 0.243 e. The molecule has 2 aromatic carbocycles. The van der Waals surface area contributed by atoms with Crippen molar-refractivity contribution in [3.05, 3.63) is 75.6 Å². The molecule has 28 heavy (non-hydrogen) atoms. The van der Waals surface area contributed by atoms with Crippen molar-refractivity contribution < 1.29 is 18.7 Å². The van der Waals surface area contributed by atoms with E-state index in [-0.39, 0.29) is 22.8 Å². The zero-order valence-corrected chi connectivity index (χ0v) is 15.6. The lowest BCUT2D eigenvalue weighted by molar-refractivity contribution is -0.135. The van der Waals surface area contributed by atoms with Gasteiger partial charge in [0.1, 0.15) is 17.6 Å². The van der Waals surface area contributed by atoms with E-state index < -0.39 is 6.23 Å². The standard InChI is InChI=1S/C21H18N2O5/c1-12-4-9-18-16(10-12)19(25)17(11-27-18)21-23(13(2)24)22-20(28-21)14-5-7-15(26-3)8-6-14/h4-11,21H,1-3H3/t21-/m1/s1. The molecule has 1 aromatic heterocycles. The van der Waals surface area contributed by atoms with Crippen LogP contribution in [0.2, 0.25) is 0 Å². The number of carbonyl (C=O) groups is 1. The van der Waals surface area contributed by atoms with Crippen LogP contribution < -0.4 is 10.2 Å². The lowest BCUT2D eigenvalue weighted by atomic mass is 10.1. The molecular formula is C21H18N2O5. The van der Waals surface area contributed by atoms with Gasteiger partial charge in [-0.3, -0.25) is 9.59 Å². The Hall–Kier alpha value is -3.61. The largest absolute Gasteiger partial charge is 0.497 e. The van der Waals surface area contributed by atoms with Crippen molar-refractivity contribution in [3.8, 4) is 5.75 Å². The summed E-state index contributed by atoms with van der Waals surface area (Å²) in [5.74, 6) is 0.580. The Balaban J connectivity index is 1.75. The molecule has 0 unspecified atom stereocenters. The summed E-state index contributed by atoms with van der Waals surface area (Å²) in [6.45, 7) is 3.26. The average molecular weight is 378 g/mol. The Kier molecular flexibility index (Phi) is 4.35. The van der Waals surface area contributed by atoms with Gasteiger partial charge in [-0.1, -0.05) is 11.6 Å². The minimum absolute atomic E-state index is 0.209. The van der Waals surface area contributed by atoms with Crippen molar-refractivity contribution in [2.45, 2.75) is 20.1 Å². The molecule has 1 amide bonds. The molecule has 7 nitrogen and oxygen atoms in total. The van der Waals surface area contributed by atoms with Crippen molar-refractivity contribution >= 4 is 22.8 Å². The summed E-state index contributed by atoms with van der Waals surface area (Å²) in [4.78, 5) is 25.1. The minimum Gasteiger partial charge on any atom is -0.497 e. The van der Waals surface area contributed by atoms with Crippen LogP contribution in [-0.4, -0.2) is 23.9 Å². The van der Waals surface area contributed by atoms with Crippen LogP contribution in [0.5, 0.6) is 5.75 Å².